The lowest BCUT2D eigenvalue weighted by molar-refractivity contribution is 0.0996. The highest BCUT2D eigenvalue weighted by molar-refractivity contribution is 7.11. The zero-order valence-corrected chi connectivity index (χ0v) is 21.2. The Morgan fingerprint density at radius 1 is 1.14 bits per heavy atom. The first kappa shape index (κ1) is 27.7. The molecular weight excluding hydrogens is 497 g/mol. The Bertz CT molecular complexity index is 1080. The van der Waals surface area contributed by atoms with E-state index in [2.05, 4.69) is 31.9 Å². The molecule has 1 saturated heterocycles. The third-order valence-corrected chi connectivity index (χ3v) is 6.70. The summed E-state index contributed by atoms with van der Waals surface area (Å²) in [5.41, 5.74) is 4.31. The molecule has 13 heteroatoms. The highest BCUT2D eigenvalue weighted by atomic mass is 32.1. The van der Waals surface area contributed by atoms with E-state index in [-0.39, 0.29) is 22.0 Å². The molecule has 0 atom stereocenters. The van der Waals surface area contributed by atoms with Crippen molar-refractivity contribution in [2.24, 2.45) is 5.73 Å². The standard InChI is InChI=1S/C23H31F3N6O3S/c1-14-12-16(24)15(19(26)18(14)25)13-35-21-17(20(27)33)22(36-30-21)29-23(34)28-6-4-3-5-7-32-10-8-31(2)9-11-32/h12H,3-11,13H2,1-2H3,(H2,27,33)(H2,28,29,34). The summed E-state index contributed by atoms with van der Waals surface area (Å²) >= 11 is 0.727. The van der Waals surface area contributed by atoms with Crippen LogP contribution in [-0.4, -0.2) is 72.4 Å². The van der Waals surface area contributed by atoms with Crippen molar-refractivity contribution >= 4 is 28.5 Å². The molecule has 2 heterocycles. The van der Waals surface area contributed by atoms with Gasteiger partial charge in [-0.05, 0) is 56.5 Å². The molecular formula is C23H31F3N6O3S. The minimum absolute atomic E-state index is 0.0288. The van der Waals surface area contributed by atoms with E-state index in [1.54, 1.807) is 0 Å². The lowest BCUT2D eigenvalue weighted by Crippen LogP contribution is -2.44. The number of carbonyl (C=O) groups is 2. The zero-order chi connectivity index (χ0) is 26.2. The topological polar surface area (TPSA) is 113 Å². The number of primary amides is 1. The van der Waals surface area contributed by atoms with E-state index in [0.717, 1.165) is 69.6 Å². The van der Waals surface area contributed by atoms with Gasteiger partial charge in [-0.25, -0.2) is 18.0 Å². The van der Waals surface area contributed by atoms with E-state index in [1.807, 2.05) is 0 Å². The third-order valence-electron chi connectivity index (χ3n) is 5.96. The minimum Gasteiger partial charge on any atom is -0.471 e. The lowest BCUT2D eigenvalue weighted by atomic mass is 10.1. The van der Waals surface area contributed by atoms with E-state index in [4.69, 9.17) is 10.5 Å². The molecule has 1 fully saturated rings. The number of amides is 3. The number of nitrogens with two attached hydrogens (primary N) is 1. The van der Waals surface area contributed by atoms with Crippen LogP contribution in [0.5, 0.6) is 5.88 Å². The second-order valence-electron chi connectivity index (χ2n) is 8.71. The second-order valence-corrected chi connectivity index (χ2v) is 9.49. The van der Waals surface area contributed by atoms with Crippen LogP contribution in [0.2, 0.25) is 0 Å². The normalized spacial score (nSPS) is 14.6. The average molecular weight is 529 g/mol. The van der Waals surface area contributed by atoms with E-state index >= 15 is 0 Å². The summed E-state index contributed by atoms with van der Waals surface area (Å²) in [6.45, 7) is 6.30. The van der Waals surface area contributed by atoms with Crippen molar-refractivity contribution in [2.75, 3.05) is 51.6 Å². The van der Waals surface area contributed by atoms with Gasteiger partial charge in [0.05, 0.1) is 5.56 Å². The number of ether oxygens (including phenoxy) is 1. The van der Waals surface area contributed by atoms with Crippen LogP contribution in [0.4, 0.5) is 23.0 Å². The van der Waals surface area contributed by atoms with Crippen LogP contribution < -0.4 is 21.1 Å². The number of aryl methyl sites for hydroxylation is 1. The summed E-state index contributed by atoms with van der Waals surface area (Å²) in [6, 6.07) is 0.293. The summed E-state index contributed by atoms with van der Waals surface area (Å²) in [6.07, 6.45) is 2.80. The molecule has 0 aliphatic carbocycles. The number of benzene rings is 1. The van der Waals surface area contributed by atoms with E-state index in [0.29, 0.717) is 6.54 Å². The molecule has 0 radical (unpaired) electrons. The number of urea groups is 1. The Labute approximate surface area is 211 Å². The Hall–Kier alpha value is -2.90. The highest BCUT2D eigenvalue weighted by Gasteiger charge is 2.24. The number of anilines is 1. The first-order valence-electron chi connectivity index (χ1n) is 11.7. The summed E-state index contributed by atoms with van der Waals surface area (Å²) in [4.78, 5) is 28.9. The zero-order valence-electron chi connectivity index (χ0n) is 20.3. The summed E-state index contributed by atoms with van der Waals surface area (Å²) < 4.78 is 51.1. The molecule has 9 nitrogen and oxygen atoms in total. The van der Waals surface area contributed by atoms with Gasteiger partial charge in [0, 0.05) is 32.7 Å². The van der Waals surface area contributed by atoms with Crippen LogP contribution >= 0.6 is 11.5 Å². The minimum atomic E-state index is -1.38. The molecule has 1 aromatic carbocycles. The maximum atomic E-state index is 14.1. The number of piperazine rings is 1. The van der Waals surface area contributed by atoms with Crippen molar-refractivity contribution < 1.29 is 27.5 Å². The van der Waals surface area contributed by atoms with E-state index in [1.165, 1.54) is 6.92 Å². The summed E-state index contributed by atoms with van der Waals surface area (Å²) in [7, 11) is 2.12. The van der Waals surface area contributed by atoms with Crippen molar-refractivity contribution in [1.29, 1.82) is 0 Å². The van der Waals surface area contributed by atoms with Gasteiger partial charge in [0.1, 0.15) is 23.0 Å². The predicted molar refractivity (Wildman–Crippen MR) is 131 cm³/mol. The van der Waals surface area contributed by atoms with Gasteiger partial charge in [0.2, 0.25) is 5.88 Å². The van der Waals surface area contributed by atoms with Gasteiger partial charge in [0.15, 0.2) is 11.6 Å². The Kier molecular flexibility index (Phi) is 9.90. The SMILES string of the molecule is Cc1cc(F)c(COc2nsc(NC(=O)NCCCCCN3CCN(C)CC3)c2C(N)=O)c(F)c1F. The van der Waals surface area contributed by atoms with Crippen molar-refractivity contribution in [3.8, 4) is 5.88 Å². The fourth-order valence-corrected chi connectivity index (χ4v) is 4.49. The maximum absolute atomic E-state index is 14.1. The molecule has 3 rings (SSSR count). The molecule has 1 aliphatic heterocycles. The number of hydrogen-bond donors (Lipinski definition) is 3. The Morgan fingerprint density at radius 2 is 1.86 bits per heavy atom. The molecule has 0 saturated carbocycles. The van der Waals surface area contributed by atoms with Gasteiger partial charge in [-0.3, -0.25) is 10.1 Å². The summed E-state index contributed by atoms with van der Waals surface area (Å²) in [5.74, 6) is -4.84. The van der Waals surface area contributed by atoms with Gasteiger partial charge in [-0.1, -0.05) is 6.42 Å². The number of nitrogens with one attached hydrogen (secondary N) is 2. The third kappa shape index (κ3) is 7.31. The fourth-order valence-electron chi connectivity index (χ4n) is 3.76. The molecule has 198 valence electrons. The van der Waals surface area contributed by atoms with Crippen LogP contribution in [-0.2, 0) is 6.61 Å². The lowest BCUT2D eigenvalue weighted by Gasteiger charge is -2.32. The number of nitrogens with zero attached hydrogens (tertiary/aromatic N) is 3. The Morgan fingerprint density at radius 3 is 2.56 bits per heavy atom. The van der Waals surface area contributed by atoms with Gasteiger partial charge in [0.25, 0.3) is 5.91 Å². The van der Waals surface area contributed by atoms with E-state index < -0.39 is 41.6 Å². The molecule has 0 unspecified atom stereocenters. The number of carbonyl (C=O) groups excluding carboxylic acids is 2. The molecule has 1 aliphatic rings. The Balaban J connectivity index is 1.46. The fraction of sp³-hybridized carbons (Fsp3) is 0.522. The number of likely N-dealkylation sites (N-methyl/N-ethyl adjacent to an activating group) is 1. The largest absolute Gasteiger partial charge is 0.471 e. The number of rotatable bonds is 11. The van der Waals surface area contributed by atoms with Crippen molar-refractivity contribution in [3.05, 3.63) is 40.2 Å². The van der Waals surface area contributed by atoms with Gasteiger partial charge in [-0.2, -0.15) is 4.37 Å². The quantitative estimate of drug-likeness (QED) is 0.305. The first-order valence-corrected chi connectivity index (χ1v) is 12.5. The van der Waals surface area contributed by atoms with Crippen LogP contribution in [0, 0.1) is 24.4 Å². The van der Waals surface area contributed by atoms with Crippen LogP contribution in [0.15, 0.2) is 6.07 Å². The van der Waals surface area contributed by atoms with Crippen LogP contribution in [0.25, 0.3) is 0 Å². The molecule has 0 bridgehead atoms. The van der Waals surface area contributed by atoms with Crippen molar-refractivity contribution in [3.63, 3.8) is 0 Å². The molecule has 0 spiro atoms. The molecule has 4 N–H and O–H groups in total. The van der Waals surface area contributed by atoms with Gasteiger partial charge in [-0.15, -0.1) is 0 Å². The smallest absolute Gasteiger partial charge is 0.319 e. The molecule has 2 aromatic rings. The van der Waals surface area contributed by atoms with E-state index in [9.17, 15) is 22.8 Å². The number of unbranched alkanes of at least 4 members (excludes halogenated alkanes) is 2. The van der Waals surface area contributed by atoms with Gasteiger partial charge < -0.3 is 25.6 Å². The van der Waals surface area contributed by atoms with Crippen molar-refractivity contribution in [1.82, 2.24) is 19.5 Å². The van der Waals surface area contributed by atoms with Crippen molar-refractivity contribution in [2.45, 2.75) is 32.8 Å². The number of halogens is 3. The van der Waals surface area contributed by atoms with Crippen LogP contribution in [0.1, 0.15) is 40.7 Å². The number of aromatic nitrogens is 1. The first-order chi connectivity index (χ1) is 17.2. The van der Waals surface area contributed by atoms with Gasteiger partial charge >= 0.3 is 6.03 Å². The summed E-state index contributed by atoms with van der Waals surface area (Å²) in [5, 5.41) is 5.24. The molecule has 36 heavy (non-hydrogen) atoms. The van der Waals surface area contributed by atoms with Crippen LogP contribution in [0.3, 0.4) is 0 Å². The molecule has 3 amide bonds. The highest BCUT2D eigenvalue weighted by Crippen LogP contribution is 2.31. The predicted octanol–water partition coefficient (Wildman–Crippen LogP) is 3.09. The molecule has 1 aromatic heterocycles. The maximum Gasteiger partial charge on any atom is 0.319 e. The number of hydrogen-bond acceptors (Lipinski definition) is 7. The average Bonchev–Trinajstić information content (AvgIpc) is 3.23. The monoisotopic (exact) mass is 528 g/mol. The second kappa shape index (κ2) is 12.9.